The Bertz CT molecular complexity index is 214. The van der Waals surface area contributed by atoms with E-state index in [9.17, 15) is 4.79 Å². The van der Waals surface area contributed by atoms with Crippen LogP contribution in [0.1, 0.15) is 13.8 Å². The summed E-state index contributed by atoms with van der Waals surface area (Å²) in [5.41, 5.74) is -0.795. The first kappa shape index (κ1) is 14.1. The van der Waals surface area contributed by atoms with Gasteiger partial charge in [0, 0.05) is 27.3 Å². The number of methoxy groups -OCH3 is 2. The predicted octanol–water partition coefficient (Wildman–Crippen LogP) is 1.07. The molecule has 15 heavy (non-hydrogen) atoms. The highest BCUT2D eigenvalue weighted by Gasteiger charge is 2.30. The number of rotatable bonds is 7. The molecule has 0 saturated heterocycles. The molecule has 0 fully saturated rings. The summed E-state index contributed by atoms with van der Waals surface area (Å²) in [6, 6.07) is 0. The van der Waals surface area contributed by atoms with E-state index in [4.69, 9.17) is 9.47 Å². The van der Waals surface area contributed by atoms with Crippen molar-refractivity contribution in [2.24, 2.45) is 0 Å². The maximum absolute atomic E-state index is 12.0. The quantitative estimate of drug-likeness (QED) is 0.596. The van der Waals surface area contributed by atoms with E-state index in [0.717, 1.165) is 0 Å². The SMILES string of the molecule is C=CCN(CCOC)C(=O)C(C)(C)OC. The molecule has 0 saturated carbocycles. The second kappa shape index (κ2) is 6.58. The third kappa shape index (κ3) is 4.44. The number of hydrogen-bond acceptors (Lipinski definition) is 3. The fourth-order valence-electron chi connectivity index (χ4n) is 1.10. The molecule has 1 amide bonds. The first-order chi connectivity index (χ1) is 6.99. The van der Waals surface area contributed by atoms with Gasteiger partial charge in [0.15, 0.2) is 0 Å². The standard InChI is InChI=1S/C11H21NO3/c1-6-7-12(8-9-14-4)10(13)11(2,3)15-5/h6H,1,7-9H2,2-5H3. The largest absolute Gasteiger partial charge is 0.383 e. The average molecular weight is 215 g/mol. The molecule has 0 aliphatic carbocycles. The summed E-state index contributed by atoms with van der Waals surface area (Å²) in [6.45, 7) is 8.69. The number of ether oxygens (including phenoxy) is 2. The van der Waals surface area contributed by atoms with E-state index in [2.05, 4.69) is 6.58 Å². The summed E-state index contributed by atoms with van der Waals surface area (Å²) in [7, 11) is 3.14. The molecule has 0 atom stereocenters. The van der Waals surface area contributed by atoms with Crippen molar-refractivity contribution in [2.75, 3.05) is 33.9 Å². The van der Waals surface area contributed by atoms with Crippen molar-refractivity contribution in [3.63, 3.8) is 0 Å². The highest BCUT2D eigenvalue weighted by Crippen LogP contribution is 2.12. The van der Waals surface area contributed by atoms with Crippen LogP contribution < -0.4 is 0 Å². The van der Waals surface area contributed by atoms with Crippen molar-refractivity contribution in [1.82, 2.24) is 4.90 Å². The summed E-state index contributed by atoms with van der Waals surface area (Å²) < 4.78 is 10.1. The first-order valence-corrected chi connectivity index (χ1v) is 4.94. The highest BCUT2D eigenvalue weighted by molar-refractivity contribution is 5.84. The Kier molecular flexibility index (Phi) is 6.20. The van der Waals surface area contributed by atoms with Crippen molar-refractivity contribution in [2.45, 2.75) is 19.4 Å². The summed E-state index contributed by atoms with van der Waals surface area (Å²) in [6.07, 6.45) is 1.69. The van der Waals surface area contributed by atoms with Gasteiger partial charge in [0.25, 0.3) is 5.91 Å². The molecule has 88 valence electrons. The first-order valence-electron chi connectivity index (χ1n) is 4.94. The lowest BCUT2D eigenvalue weighted by Crippen LogP contribution is -2.47. The van der Waals surface area contributed by atoms with Crippen LogP contribution in [0.2, 0.25) is 0 Å². The molecule has 0 heterocycles. The zero-order valence-electron chi connectivity index (χ0n) is 10.1. The number of carbonyl (C=O) groups is 1. The lowest BCUT2D eigenvalue weighted by molar-refractivity contribution is -0.151. The molecular weight excluding hydrogens is 194 g/mol. The van der Waals surface area contributed by atoms with E-state index in [0.29, 0.717) is 19.7 Å². The van der Waals surface area contributed by atoms with Crippen LogP contribution >= 0.6 is 0 Å². The molecule has 0 spiro atoms. The lowest BCUT2D eigenvalue weighted by Gasteiger charge is -2.30. The van der Waals surface area contributed by atoms with Crippen molar-refractivity contribution in [3.8, 4) is 0 Å². The molecule has 0 aliphatic rings. The van der Waals surface area contributed by atoms with E-state index in [-0.39, 0.29) is 5.91 Å². The number of carbonyl (C=O) groups excluding carboxylic acids is 1. The maximum atomic E-state index is 12.0. The van der Waals surface area contributed by atoms with Crippen molar-refractivity contribution < 1.29 is 14.3 Å². The van der Waals surface area contributed by atoms with Crippen LogP contribution in [0.25, 0.3) is 0 Å². The molecule has 0 rings (SSSR count). The van der Waals surface area contributed by atoms with Gasteiger partial charge in [0.2, 0.25) is 0 Å². The van der Waals surface area contributed by atoms with Gasteiger partial charge < -0.3 is 14.4 Å². The van der Waals surface area contributed by atoms with Gasteiger partial charge in [-0.15, -0.1) is 6.58 Å². The summed E-state index contributed by atoms with van der Waals surface area (Å²) in [5.74, 6) is -0.0537. The normalized spacial score (nSPS) is 11.2. The minimum Gasteiger partial charge on any atom is -0.383 e. The maximum Gasteiger partial charge on any atom is 0.254 e. The molecule has 0 aromatic carbocycles. The number of amides is 1. The molecule has 4 heteroatoms. The Morgan fingerprint density at radius 3 is 2.47 bits per heavy atom. The summed E-state index contributed by atoms with van der Waals surface area (Å²) in [5, 5.41) is 0. The summed E-state index contributed by atoms with van der Waals surface area (Å²) in [4.78, 5) is 13.7. The molecule has 0 bridgehead atoms. The predicted molar refractivity (Wildman–Crippen MR) is 59.7 cm³/mol. The van der Waals surface area contributed by atoms with Gasteiger partial charge in [0.05, 0.1) is 6.61 Å². The minimum absolute atomic E-state index is 0.0537. The van der Waals surface area contributed by atoms with E-state index in [1.54, 1.807) is 31.9 Å². The van der Waals surface area contributed by atoms with E-state index in [1.807, 2.05) is 0 Å². The van der Waals surface area contributed by atoms with E-state index >= 15 is 0 Å². The van der Waals surface area contributed by atoms with Gasteiger partial charge in [-0.1, -0.05) is 6.08 Å². The van der Waals surface area contributed by atoms with E-state index in [1.165, 1.54) is 7.11 Å². The highest BCUT2D eigenvalue weighted by atomic mass is 16.5. The Morgan fingerprint density at radius 1 is 1.47 bits per heavy atom. The van der Waals surface area contributed by atoms with Gasteiger partial charge in [-0.25, -0.2) is 0 Å². The van der Waals surface area contributed by atoms with Crippen LogP contribution in [0.4, 0.5) is 0 Å². The Morgan fingerprint density at radius 2 is 2.07 bits per heavy atom. The monoisotopic (exact) mass is 215 g/mol. The minimum atomic E-state index is -0.795. The van der Waals surface area contributed by atoms with Crippen LogP contribution in [0.15, 0.2) is 12.7 Å². The van der Waals surface area contributed by atoms with Crippen LogP contribution in [0, 0.1) is 0 Å². The van der Waals surface area contributed by atoms with Gasteiger partial charge in [-0.2, -0.15) is 0 Å². The molecule has 0 aliphatic heterocycles. The molecule has 0 unspecified atom stereocenters. The Balaban J connectivity index is 4.46. The molecule has 0 radical (unpaired) electrons. The molecule has 0 aromatic heterocycles. The van der Waals surface area contributed by atoms with Crippen molar-refractivity contribution in [1.29, 1.82) is 0 Å². The second-order valence-corrected chi connectivity index (χ2v) is 3.75. The van der Waals surface area contributed by atoms with Gasteiger partial charge in [0.1, 0.15) is 5.60 Å². The average Bonchev–Trinajstić information content (AvgIpc) is 2.23. The lowest BCUT2D eigenvalue weighted by atomic mass is 10.1. The molecule has 0 N–H and O–H groups in total. The van der Waals surface area contributed by atoms with Gasteiger partial charge in [-0.3, -0.25) is 4.79 Å². The van der Waals surface area contributed by atoms with Crippen LogP contribution in [0.3, 0.4) is 0 Å². The molecular formula is C11H21NO3. The molecule has 0 aromatic rings. The number of hydrogen-bond donors (Lipinski definition) is 0. The van der Waals surface area contributed by atoms with Crippen molar-refractivity contribution >= 4 is 5.91 Å². The van der Waals surface area contributed by atoms with Crippen molar-refractivity contribution in [3.05, 3.63) is 12.7 Å². The fourth-order valence-corrected chi connectivity index (χ4v) is 1.10. The third-order valence-electron chi connectivity index (χ3n) is 2.23. The van der Waals surface area contributed by atoms with Gasteiger partial charge in [-0.05, 0) is 13.8 Å². The van der Waals surface area contributed by atoms with Gasteiger partial charge >= 0.3 is 0 Å². The Labute approximate surface area is 91.8 Å². The Hall–Kier alpha value is -0.870. The van der Waals surface area contributed by atoms with Crippen LogP contribution in [-0.4, -0.2) is 50.3 Å². The third-order valence-corrected chi connectivity index (χ3v) is 2.23. The topological polar surface area (TPSA) is 38.8 Å². The zero-order valence-corrected chi connectivity index (χ0v) is 10.1. The van der Waals surface area contributed by atoms with E-state index < -0.39 is 5.60 Å². The smallest absolute Gasteiger partial charge is 0.254 e. The molecule has 4 nitrogen and oxygen atoms in total. The zero-order chi connectivity index (χ0) is 11.9. The second-order valence-electron chi connectivity index (χ2n) is 3.75. The van der Waals surface area contributed by atoms with Crippen LogP contribution in [-0.2, 0) is 14.3 Å². The fraction of sp³-hybridized carbons (Fsp3) is 0.727. The summed E-state index contributed by atoms with van der Waals surface area (Å²) >= 11 is 0. The van der Waals surface area contributed by atoms with Crippen LogP contribution in [0.5, 0.6) is 0 Å². The number of nitrogens with zero attached hydrogens (tertiary/aromatic N) is 1.